The van der Waals surface area contributed by atoms with Crippen LogP contribution in [0.3, 0.4) is 0 Å². The Balaban J connectivity index is 1.37. The number of nitrogens with one attached hydrogen (secondary N) is 1. The molecular weight excluding hydrogens is 336 g/mol. The molecule has 0 spiro atoms. The van der Waals surface area contributed by atoms with Crippen LogP contribution >= 0.6 is 0 Å². The van der Waals surface area contributed by atoms with E-state index >= 15 is 0 Å². The summed E-state index contributed by atoms with van der Waals surface area (Å²) >= 11 is 0. The Morgan fingerprint density at radius 1 is 1.04 bits per heavy atom. The number of aryl methyl sites for hydroxylation is 2. The molecular formula is C22H34N4O. The molecule has 0 radical (unpaired) electrons. The Morgan fingerprint density at radius 3 is 2.41 bits per heavy atom. The molecule has 148 valence electrons. The molecule has 1 aliphatic rings. The number of hydrogen-bond acceptors (Lipinski definition) is 5. The third-order valence-corrected chi connectivity index (χ3v) is 5.46. The summed E-state index contributed by atoms with van der Waals surface area (Å²) in [6.45, 7) is 18.0. The van der Waals surface area contributed by atoms with Gasteiger partial charge in [0.05, 0.1) is 12.2 Å². The maximum absolute atomic E-state index is 5.43. The van der Waals surface area contributed by atoms with Crippen molar-refractivity contribution in [3.8, 4) is 0 Å². The van der Waals surface area contributed by atoms with Crippen molar-refractivity contribution in [2.45, 2.75) is 46.6 Å². The van der Waals surface area contributed by atoms with Crippen molar-refractivity contribution < 1.29 is 4.52 Å². The van der Waals surface area contributed by atoms with Crippen molar-refractivity contribution in [1.82, 2.24) is 15.4 Å². The van der Waals surface area contributed by atoms with Crippen LogP contribution < -0.4 is 10.2 Å². The Bertz CT molecular complexity index is 739. The van der Waals surface area contributed by atoms with E-state index in [2.05, 4.69) is 79.2 Å². The lowest BCUT2D eigenvalue weighted by Crippen LogP contribution is -2.48. The largest absolute Gasteiger partial charge is 0.369 e. The number of hydrogen-bond donors (Lipinski definition) is 1. The molecule has 1 aromatic carbocycles. The fourth-order valence-corrected chi connectivity index (χ4v) is 3.35. The fraction of sp³-hybridized carbons (Fsp3) is 0.591. The highest BCUT2D eigenvalue weighted by Crippen LogP contribution is 2.22. The fourth-order valence-electron chi connectivity index (χ4n) is 3.35. The number of piperazine rings is 1. The third-order valence-electron chi connectivity index (χ3n) is 5.46. The number of aromatic nitrogens is 1. The minimum absolute atomic E-state index is 0.0391. The molecule has 1 aliphatic heterocycles. The Labute approximate surface area is 163 Å². The Morgan fingerprint density at radius 2 is 1.78 bits per heavy atom. The van der Waals surface area contributed by atoms with Gasteiger partial charge in [0.2, 0.25) is 0 Å². The molecule has 1 saturated heterocycles. The van der Waals surface area contributed by atoms with Crippen molar-refractivity contribution in [2.75, 3.05) is 44.2 Å². The second kappa shape index (κ2) is 8.44. The molecule has 0 aliphatic carbocycles. The van der Waals surface area contributed by atoms with Crippen LogP contribution in [0.5, 0.6) is 0 Å². The maximum atomic E-state index is 5.43. The van der Waals surface area contributed by atoms with Crippen LogP contribution in [0.15, 0.2) is 28.8 Å². The lowest BCUT2D eigenvalue weighted by Gasteiger charge is -2.36. The van der Waals surface area contributed by atoms with Gasteiger partial charge in [-0.25, -0.2) is 0 Å². The minimum Gasteiger partial charge on any atom is -0.369 e. The number of anilines is 1. The van der Waals surface area contributed by atoms with E-state index in [1.807, 2.05) is 0 Å². The highest BCUT2D eigenvalue weighted by atomic mass is 16.5. The van der Waals surface area contributed by atoms with Gasteiger partial charge in [-0.05, 0) is 37.1 Å². The van der Waals surface area contributed by atoms with E-state index in [0.717, 1.165) is 57.3 Å². The zero-order valence-corrected chi connectivity index (χ0v) is 17.5. The molecule has 1 aromatic heterocycles. The summed E-state index contributed by atoms with van der Waals surface area (Å²) in [6.07, 6.45) is 0. The molecule has 0 unspecified atom stereocenters. The van der Waals surface area contributed by atoms with Crippen LogP contribution in [0.1, 0.15) is 43.4 Å². The van der Waals surface area contributed by atoms with Gasteiger partial charge in [-0.1, -0.05) is 32.0 Å². The normalized spacial score (nSPS) is 16.1. The summed E-state index contributed by atoms with van der Waals surface area (Å²) in [6, 6.07) is 8.86. The zero-order valence-electron chi connectivity index (χ0n) is 17.5. The Kier molecular flexibility index (Phi) is 6.22. The topological polar surface area (TPSA) is 44.5 Å². The van der Waals surface area contributed by atoms with Gasteiger partial charge in [0, 0.05) is 56.4 Å². The summed E-state index contributed by atoms with van der Waals surface area (Å²) < 4.78 is 5.43. The summed E-state index contributed by atoms with van der Waals surface area (Å²) in [7, 11) is 0. The van der Waals surface area contributed by atoms with Gasteiger partial charge in [-0.15, -0.1) is 0 Å². The molecule has 0 bridgehead atoms. The van der Waals surface area contributed by atoms with Gasteiger partial charge >= 0.3 is 0 Å². The average Bonchev–Trinajstić information content (AvgIpc) is 3.11. The molecule has 3 rings (SSSR count). The van der Waals surface area contributed by atoms with E-state index < -0.39 is 0 Å². The van der Waals surface area contributed by atoms with E-state index in [1.165, 1.54) is 16.8 Å². The van der Waals surface area contributed by atoms with Crippen molar-refractivity contribution in [1.29, 1.82) is 0 Å². The van der Waals surface area contributed by atoms with Crippen molar-refractivity contribution in [3.63, 3.8) is 0 Å². The van der Waals surface area contributed by atoms with Crippen molar-refractivity contribution in [2.24, 2.45) is 0 Å². The highest BCUT2D eigenvalue weighted by Gasteiger charge is 2.19. The van der Waals surface area contributed by atoms with E-state index in [-0.39, 0.29) is 5.41 Å². The number of nitrogens with zero attached hydrogens (tertiary/aromatic N) is 3. The SMILES string of the molecule is Cc1ccc(N2CCN(CCNCc3cc(C(C)(C)C)no3)CC2)cc1C. The first-order chi connectivity index (χ1) is 12.8. The lowest BCUT2D eigenvalue weighted by atomic mass is 9.92. The molecule has 1 N–H and O–H groups in total. The second-order valence-corrected chi connectivity index (χ2v) is 8.70. The maximum Gasteiger partial charge on any atom is 0.150 e. The predicted octanol–water partition coefficient (Wildman–Crippen LogP) is 3.50. The average molecular weight is 371 g/mol. The van der Waals surface area contributed by atoms with Gasteiger partial charge in [0.25, 0.3) is 0 Å². The molecule has 2 aromatic rings. The van der Waals surface area contributed by atoms with Gasteiger partial charge in [-0.3, -0.25) is 4.90 Å². The van der Waals surface area contributed by atoms with E-state index in [0.29, 0.717) is 0 Å². The highest BCUT2D eigenvalue weighted by molar-refractivity contribution is 5.51. The van der Waals surface area contributed by atoms with Crippen molar-refractivity contribution >= 4 is 5.69 Å². The smallest absolute Gasteiger partial charge is 0.150 e. The summed E-state index contributed by atoms with van der Waals surface area (Å²) in [4.78, 5) is 5.03. The first-order valence-corrected chi connectivity index (χ1v) is 10.0. The van der Waals surface area contributed by atoms with E-state index in [4.69, 9.17) is 4.52 Å². The first-order valence-electron chi connectivity index (χ1n) is 10.0. The summed E-state index contributed by atoms with van der Waals surface area (Å²) in [5, 5.41) is 7.66. The standard InChI is InChI=1S/C22H34N4O/c1-17-6-7-19(14-18(17)2)26-12-10-25(11-13-26)9-8-23-16-20-15-21(24-27-20)22(3,4)5/h6-7,14-15,23H,8-13,16H2,1-5H3. The second-order valence-electron chi connectivity index (χ2n) is 8.70. The van der Waals surface area contributed by atoms with Crippen LogP contribution in [0, 0.1) is 13.8 Å². The van der Waals surface area contributed by atoms with Gasteiger partial charge in [0.15, 0.2) is 5.76 Å². The zero-order chi connectivity index (χ0) is 19.4. The summed E-state index contributed by atoms with van der Waals surface area (Å²) in [5.74, 6) is 0.916. The number of benzene rings is 1. The molecule has 5 nitrogen and oxygen atoms in total. The quantitative estimate of drug-likeness (QED) is 0.789. The molecule has 0 saturated carbocycles. The van der Waals surface area contributed by atoms with E-state index in [1.54, 1.807) is 0 Å². The van der Waals surface area contributed by atoms with Crippen LogP contribution in [0.25, 0.3) is 0 Å². The lowest BCUT2D eigenvalue weighted by molar-refractivity contribution is 0.255. The van der Waals surface area contributed by atoms with Crippen LogP contribution in [0.2, 0.25) is 0 Å². The molecule has 1 fully saturated rings. The monoisotopic (exact) mass is 370 g/mol. The van der Waals surface area contributed by atoms with E-state index in [9.17, 15) is 0 Å². The molecule has 2 heterocycles. The predicted molar refractivity (Wildman–Crippen MR) is 111 cm³/mol. The molecule has 0 atom stereocenters. The summed E-state index contributed by atoms with van der Waals surface area (Å²) in [5.41, 5.74) is 5.15. The van der Waals surface area contributed by atoms with Gasteiger partial charge < -0.3 is 14.7 Å². The van der Waals surface area contributed by atoms with Crippen LogP contribution in [0.4, 0.5) is 5.69 Å². The Hall–Kier alpha value is -1.85. The minimum atomic E-state index is 0.0391. The van der Waals surface area contributed by atoms with Crippen LogP contribution in [-0.4, -0.2) is 49.3 Å². The molecule has 0 amide bonds. The molecule has 27 heavy (non-hydrogen) atoms. The van der Waals surface area contributed by atoms with Gasteiger partial charge in [0.1, 0.15) is 0 Å². The van der Waals surface area contributed by atoms with Crippen molar-refractivity contribution in [3.05, 3.63) is 46.8 Å². The first kappa shape index (κ1) is 19.9. The third kappa shape index (κ3) is 5.33. The number of rotatable bonds is 6. The van der Waals surface area contributed by atoms with Gasteiger partial charge in [-0.2, -0.15) is 0 Å². The van der Waals surface area contributed by atoms with Crippen LogP contribution in [-0.2, 0) is 12.0 Å². The molecule has 5 heteroatoms.